The standard InChI is InChI=1S/C19H17N3O2S/c23-19-22(14-7-2-3-9-16(14)24-19)12-21-11-5-8-15(21)18-20-13-6-1-4-10-17(13)25-18/h1-4,6-7,9-10,15H,5,8,11-12H2/p+1/t15-/m1/s1. The fourth-order valence-electron chi connectivity index (χ4n) is 3.80. The summed E-state index contributed by atoms with van der Waals surface area (Å²) in [6.07, 6.45) is 2.26. The lowest BCUT2D eigenvalue weighted by atomic mass is 10.2. The Balaban J connectivity index is 1.50. The maximum absolute atomic E-state index is 12.3. The summed E-state index contributed by atoms with van der Waals surface area (Å²) in [4.78, 5) is 18.5. The average molecular weight is 352 g/mol. The Hall–Kier alpha value is -2.44. The van der Waals surface area contributed by atoms with Gasteiger partial charge in [-0.3, -0.25) is 0 Å². The van der Waals surface area contributed by atoms with Crippen molar-refractivity contribution in [1.82, 2.24) is 9.55 Å². The van der Waals surface area contributed by atoms with E-state index in [1.54, 1.807) is 15.9 Å². The predicted octanol–water partition coefficient (Wildman–Crippen LogP) is 2.58. The molecule has 5 rings (SSSR count). The lowest BCUT2D eigenvalue weighted by Gasteiger charge is -2.19. The summed E-state index contributed by atoms with van der Waals surface area (Å²) in [5.74, 6) is -0.274. The summed E-state index contributed by atoms with van der Waals surface area (Å²) in [5.41, 5.74) is 2.59. The van der Waals surface area contributed by atoms with E-state index in [1.165, 1.54) is 14.6 Å². The molecule has 0 aliphatic carbocycles. The van der Waals surface area contributed by atoms with Crippen LogP contribution in [0.15, 0.2) is 57.7 Å². The molecule has 1 unspecified atom stereocenters. The summed E-state index contributed by atoms with van der Waals surface area (Å²) >= 11 is 1.78. The molecule has 1 fully saturated rings. The molecule has 4 aromatic rings. The van der Waals surface area contributed by atoms with E-state index >= 15 is 0 Å². The zero-order valence-electron chi connectivity index (χ0n) is 13.6. The highest BCUT2D eigenvalue weighted by Crippen LogP contribution is 2.28. The zero-order chi connectivity index (χ0) is 16.8. The molecule has 1 N–H and O–H groups in total. The number of oxazole rings is 1. The zero-order valence-corrected chi connectivity index (χ0v) is 14.5. The lowest BCUT2D eigenvalue weighted by molar-refractivity contribution is -0.940. The van der Waals surface area contributed by atoms with Crippen molar-refractivity contribution < 1.29 is 9.32 Å². The van der Waals surface area contributed by atoms with Crippen LogP contribution in [0.4, 0.5) is 0 Å². The summed E-state index contributed by atoms with van der Waals surface area (Å²) in [6, 6.07) is 16.2. The van der Waals surface area contributed by atoms with Gasteiger partial charge < -0.3 is 9.32 Å². The van der Waals surface area contributed by atoms with Crippen LogP contribution in [0.1, 0.15) is 23.9 Å². The molecule has 1 saturated heterocycles. The molecule has 1 aliphatic heterocycles. The molecule has 6 heteroatoms. The number of nitrogens with one attached hydrogen (secondary N) is 1. The number of likely N-dealkylation sites (tertiary alicyclic amines) is 1. The van der Waals surface area contributed by atoms with E-state index in [2.05, 4.69) is 18.2 Å². The van der Waals surface area contributed by atoms with Crippen molar-refractivity contribution in [2.24, 2.45) is 0 Å². The monoisotopic (exact) mass is 352 g/mol. The van der Waals surface area contributed by atoms with Gasteiger partial charge in [0, 0.05) is 12.8 Å². The first kappa shape index (κ1) is 14.9. The number of hydrogen-bond acceptors (Lipinski definition) is 4. The molecule has 0 amide bonds. The molecule has 0 spiro atoms. The quantitative estimate of drug-likeness (QED) is 0.617. The molecule has 2 aromatic heterocycles. The maximum Gasteiger partial charge on any atom is 0.424 e. The molecule has 0 radical (unpaired) electrons. The number of rotatable bonds is 3. The van der Waals surface area contributed by atoms with Gasteiger partial charge >= 0.3 is 5.76 Å². The Morgan fingerprint density at radius 2 is 2.04 bits per heavy atom. The highest BCUT2D eigenvalue weighted by atomic mass is 32.1. The van der Waals surface area contributed by atoms with Crippen LogP contribution in [0.2, 0.25) is 0 Å². The Labute approximate surface area is 148 Å². The number of aromatic nitrogens is 2. The minimum absolute atomic E-state index is 0.274. The van der Waals surface area contributed by atoms with Crippen molar-refractivity contribution in [2.45, 2.75) is 25.6 Å². The topological polar surface area (TPSA) is 52.5 Å². The van der Waals surface area contributed by atoms with Gasteiger partial charge in [0.2, 0.25) is 0 Å². The van der Waals surface area contributed by atoms with Crippen LogP contribution in [0.25, 0.3) is 21.3 Å². The van der Waals surface area contributed by atoms with Crippen LogP contribution in [-0.2, 0) is 6.67 Å². The summed E-state index contributed by atoms with van der Waals surface area (Å²) in [5, 5.41) is 1.18. The average Bonchev–Trinajstić information content (AvgIpc) is 3.32. The van der Waals surface area contributed by atoms with Gasteiger partial charge in [-0.25, -0.2) is 14.3 Å². The van der Waals surface area contributed by atoms with Crippen LogP contribution < -0.4 is 10.7 Å². The Kier molecular flexibility index (Phi) is 3.46. The minimum atomic E-state index is -0.274. The number of benzene rings is 2. The number of fused-ring (bicyclic) bond motifs is 2. The third kappa shape index (κ3) is 2.49. The lowest BCUT2D eigenvalue weighted by Crippen LogP contribution is -3.09. The number of thiazole rings is 1. The second-order valence-electron chi connectivity index (χ2n) is 6.54. The Morgan fingerprint density at radius 1 is 1.20 bits per heavy atom. The van der Waals surface area contributed by atoms with Crippen LogP contribution in [0.3, 0.4) is 0 Å². The van der Waals surface area contributed by atoms with Crippen LogP contribution in [0.5, 0.6) is 0 Å². The first-order valence-corrected chi connectivity index (χ1v) is 9.40. The summed E-state index contributed by atoms with van der Waals surface area (Å²) in [7, 11) is 0. The number of para-hydroxylation sites is 3. The van der Waals surface area contributed by atoms with Crippen LogP contribution >= 0.6 is 11.3 Å². The first-order chi connectivity index (χ1) is 12.3. The predicted molar refractivity (Wildman–Crippen MR) is 97.9 cm³/mol. The SMILES string of the molecule is O=c1oc2ccccc2n1C[NH+]1CCC[C@@H]1c1nc2ccccc2s1. The van der Waals surface area contributed by atoms with Crippen molar-refractivity contribution in [1.29, 1.82) is 0 Å². The Bertz CT molecular complexity index is 1080. The van der Waals surface area contributed by atoms with Gasteiger partial charge in [-0.05, 0) is 24.3 Å². The van der Waals surface area contributed by atoms with Crippen molar-refractivity contribution in [3.05, 3.63) is 64.1 Å². The van der Waals surface area contributed by atoms with Crippen molar-refractivity contribution in [3.63, 3.8) is 0 Å². The van der Waals surface area contributed by atoms with Crippen LogP contribution in [-0.4, -0.2) is 16.1 Å². The number of quaternary nitrogens is 1. The highest BCUT2D eigenvalue weighted by Gasteiger charge is 2.33. The molecule has 3 heterocycles. The minimum Gasteiger partial charge on any atom is -0.408 e. The van der Waals surface area contributed by atoms with E-state index in [1.807, 2.05) is 30.3 Å². The van der Waals surface area contributed by atoms with E-state index in [9.17, 15) is 4.79 Å². The number of hydrogen-bond donors (Lipinski definition) is 1. The summed E-state index contributed by atoms with van der Waals surface area (Å²) in [6.45, 7) is 1.67. The fraction of sp³-hybridized carbons (Fsp3) is 0.263. The van der Waals surface area contributed by atoms with Crippen LogP contribution in [0, 0.1) is 0 Å². The molecular weight excluding hydrogens is 334 g/mol. The third-order valence-corrected chi connectivity index (χ3v) is 6.18. The van der Waals surface area contributed by atoms with E-state index in [4.69, 9.17) is 9.40 Å². The summed E-state index contributed by atoms with van der Waals surface area (Å²) < 4.78 is 8.37. The van der Waals surface area contributed by atoms with Gasteiger partial charge in [0.05, 0.1) is 22.3 Å². The molecule has 0 saturated carbocycles. The van der Waals surface area contributed by atoms with E-state index in [0.717, 1.165) is 30.4 Å². The van der Waals surface area contributed by atoms with Gasteiger partial charge in [-0.2, -0.15) is 0 Å². The van der Waals surface area contributed by atoms with E-state index in [0.29, 0.717) is 18.3 Å². The first-order valence-electron chi connectivity index (χ1n) is 8.58. The fourth-order valence-corrected chi connectivity index (χ4v) is 4.97. The third-order valence-electron chi connectivity index (χ3n) is 5.03. The maximum atomic E-state index is 12.3. The van der Waals surface area contributed by atoms with Gasteiger partial charge in [0.1, 0.15) is 6.04 Å². The Morgan fingerprint density at radius 3 is 2.96 bits per heavy atom. The normalized spacial score (nSPS) is 20.6. The molecule has 1 aliphatic rings. The van der Waals surface area contributed by atoms with Gasteiger partial charge in [0.15, 0.2) is 17.3 Å². The molecule has 2 aromatic carbocycles. The molecule has 126 valence electrons. The molecule has 5 nitrogen and oxygen atoms in total. The molecular formula is C19H18N3O2S+. The molecule has 2 atom stereocenters. The second kappa shape index (κ2) is 5.82. The van der Waals surface area contributed by atoms with Gasteiger partial charge in [-0.1, -0.05) is 24.3 Å². The van der Waals surface area contributed by atoms with Gasteiger partial charge in [0.25, 0.3) is 0 Å². The van der Waals surface area contributed by atoms with Crippen molar-refractivity contribution in [3.8, 4) is 0 Å². The smallest absolute Gasteiger partial charge is 0.408 e. The van der Waals surface area contributed by atoms with E-state index < -0.39 is 0 Å². The van der Waals surface area contributed by atoms with Crippen molar-refractivity contribution >= 4 is 32.7 Å². The largest absolute Gasteiger partial charge is 0.424 e. The van der Waals surface area contributed by atoms with E-state index in [-0.39, 0.29) is 5.76 Å². The van der Waals surface area contributed by atoms with Crippen molar-refractivity contribution in [2.75, 3.05) is 6.54 Å². The molecule has 25 heavy (non-hydrogen) atoms. The number of nitrogens with zero attached hydrogens (tertiary/aromatic N) is 2. The molecule has 0 bridgehead atoms. The van der Waals surface area contributed by atoms with Gasteiger partial charge in [-0.15, -0.1) is 11.3 Å². The highest BCUT2D eigenvalue weighted by molar-refractivity contribution is 7.18. The second-order valence-corrected chi connectivity index (χ2v) is 7.61.